The number of nitrogens with one attached hydrogen (secondary N) is 1. The van der Waals surface area contributed by atoms with Gasteiger partial charge in [0.25, 0.3) is 12.0 Å². The molecular formula is C26H27ClF2N4O4. The summed E-state index contributed by atoms with van der Waals surface area (Å²) < 4.78 is 26.3. The second-order valence-electron chi connectivity index (χ2n) is 9.07. The predicted octanol–water partition coefficient (Wildman–Crippen LogP) is 3.33. The van der Waals surface area contributed by atoms with Crippen molar-refractivity contribution in [2.75, 3.05) is 13.1 Å². The number of carbonyl (C=O) groups excluding carboxylic acids is 1. The largest absolute Gasteiger partial charge is 0.480 e. The maximum atomic E-state index is 13.3. The third kappa shape index (κ3) is 6.50. The number of amides is 1. The summed E-state index contributed by atoms with van der Waals surface area (Å²) in [6.45, 7) is -0.287. The van der Waals surface area contributed by atoms with E-state index in [0.717, 1.165) is 10.9 Å². The van der Waals surface area contributed by atoms with Crippen LogP contribution >= 0.6 is 11.6 Å². The Bertz CT molecular complexity index is 1330. The van der Waals surface area contributed by atoms with Gasteiger partial charge in [0, 0.05) is 22.9 Å². The van der Waals surface area contributed by atoms with Crippen molar-refractivity contribution in [3.05, 3.63) is 75.2 Å². The molecule has 4 rings (SSSR count). The Morgan fingerprint density at radius 1 is 1.14 bits per heavy atom. The van der Waals surface area contributed by atoms with Gasteiger partial charge in [0.1, 0.15) is 6.04 Å². The minimum absolute atomic E-state index is 0.139. The van der Waals surface area contributed by atoms with Crippen LogP contribution in [0.4, 0.5) is 8.78 Å². The lowest BCUT2D eigenvalue weighted by Gasteiger charge is -2.30. The van der Waals surface area contributed by atoms with E-state index in [1.807, 2.05) is 24.3 Å². The summed E-state index contributed by atoms with van der Waals surface area (Å²) in [6.07, 6.45) is -1.43. The molecule has 0 saturated carbocycles. The molecule has 1 aliphatic heterocycles. The van der Waals surface area contributed by atoms with Crippen LogP contribution in [0.5, 0.6) is 0 Å². The van der Waals surface area contributed by atoms with Gasteiger partial charge in [0.2, 0.25) is 5.91 Å². The van der Waals surface area contributed by atoms with Gasteiger partial charge < -0.3 is 10.4 Å². The van der Waals surface area contributed by atoms with Crippen molar-refractivity contribution in [1.82, 2.24) is 20.0 Å². The molecule has 1 fully saturated rings. The van der Waals surface area contributed by atoms with Crippen LogP contribution in [0.15, 0.2) is 53.3 Å². The smallest absolute Gasteiger partial charge is 0.321 e. The van der Waals surface area contributed by atoms with Gasteiger partial charge in [-0.25, -0.2) is 13.5 Å². The SMILES string of the molecule is O=C(CC(C(=O)O)N1CCC[C@@H]1Cn1nc(Cc2ccc(Cl)cc2)c2ccccc2c1=O)NCC(F)F. The highest BCUT2D eigenvalue weighted by atomic mass is 35.5. The molecule has 2 aromatic carbocycles. The van der Waals surface area contributed by atoms with Crippen LogP contribution in [-0.4, -0.2) is 63.3 Å². The first kappa shape index (κ1) is 26.7. The van der Waals surface area contributed by atoms with Gasteiger partial charge in [-0.05, 0) is 43.1 Å². The van der Waals surface area contributed by atoms with Gasteiger partial charge in [-0.1, -0.05) is 41.9 Å². The van der Waals surface area contributed by atoms with E-state index in [0.29, 0.717) is 41.9 Å². The van der Waals surface area contributed by atoms with Crippen LogP contribution in [0.3, 0.4) is 0 Å². The van der Waals surface area contributed by atoms with Gasteiger partial charge in [0.15, 0.2) is 0 Å². The molecular weight excluding hydrogens is 506 g/mol. The Morgan fingerprint density at radius 3 is 2.51 bits per heavy atom. The number of hydrogen-bond donors (Lipinski definition) is 2. The number of hydrogen-bond acceptors (Lipinski definition) is 5. The molecule has 0 radical (unpaired) electrons. The lowest BCUT2D eigenvalue weighted by molar-refractivity contribution is -0.146. The molecule has 3 aromatic rings. The van der Waals surface area contributed by atoms with Crippen LogP contribution in [0.1, 0.15) is 30.5 Å². The number of carboxylic acids is 1. The Hall–Kier alpha value is -3.37. The number of benzene rings is 2. The molecule has 1 saturated heterocycles. The van der Waals surface area contributed by atoms with Crippen LogP contribution in [0, 0.1) is 0 Å². The van der Waals surface area contributed by atoms with Gasteiger partial charge in [-0.15, -0.1) is 0 Å². The molecule has 1 unspecified atom stereocenters. The van der Waals surface area contributed by atoms with Crippen molar-refractivity contribution >= 4 is 34.2 Å². The van der Waals surface area contributed by atoms with Gasteiger partial charge in [-0.2, -0.15) is 5.10 Å². The highest BCUT2D eigenvalue weighted by Gasteiger charge is 2.36. The Morgan fingerprint density at radius 2 is 1.84 bits per heavy atom. The van der Waals surface area contributed by atoms with E-state index in [1.54, 1.807) is 29.2 Å². The van der Waals surface area contributed by atoms with E-state index < -0.39 is 37.3 Å². The fourth-order valence-electron chi connectivity index (χ4n) is 4.80. The maximum absolute atomic E-state index is 13.3. The van der Waals surface area contributed by atoms with Crippen molar-refractivity contribution in [3.8, 4) is 0 Å². The standard InChI is InChI=1S/C26H27ClF2N4O4/c27-17-9-7-16(8-10-17)12-21-19-5-1-2-6-20(19)25(35)33(31-21)15-18-4-3-11-32(18)22(26(36)37)13-24(34)30-14-23(28)29/h1-2,5-10,18,22-23H,3-4,11-15H2,(H,30,34)(H,36,37)/t18-,22?/m1/s1. The Balaban J connectivity index is 1.61. The zero-order valence-electron chi connectivity index (χ0n) is 19.9. The van der Waals surface area contributed by atoms with Crippen molar-refractivity contribution in [3.63, 3.8) is 0 Å². The number of halogens is 3. The number of nitrogens with zero attached hydrogens (tertiary/aromatic N) is 3. The average molecular weight is 533 g/mol. The number of rotatable bonds is 10. The molecule has 1 aromatic heterocycles. The molecule has 1 aliphatic rings. The van der Waals surface area contributed by atoms with Gasteiger partial charge in [0.05, 0.1) is 30.6 Å². The van der Waals surface area contributed by atoms with Crippen molar-refractivity contribution < 1.29 is 23.5 Å². The number of likely N-dealkylation sites (tertiary alicyclic amines) is 1. The zero-order chi connectivity index (χ0) is 26.5. The lowest BCUT2D eigenvalue weighted by atomic mass is 10.0. The van der Waals surface area contributed by atoms with Gasteiger partial charge in [-0.3, -0.25) is 19.3 Å². The quantitative estimate of drug-likeness (QED) is 0.415. The van der Waals surface area contributed by atoms with Gasteiger partial charge >= 0.3 is 5.97 Å². The number of fused-ring (bicyclic) bond motifs is 1. The second-order valence-corrected chi connectivity index (χ2v) is 9.51. The summed E-state index contributed by atoms with van der Waals surface area (Å²) in [5.74, 6) is -1.98. The molecule has 37 heavy (non-hydrogen) atoms. The predicted molar refractivity (Wildman–Crippen MR) is 135 cm³/mol. The van der Waals surface area contributed by atoms with E-state index in [4.69, 9.17) is 11.6 Å². The average Bonchev–Trinajstić information content (AvgIpc) is 3.33. The third-order valence-electron chi connectivity index (χ3n) is 6.55. The fraction of sp³-hybridized carbons (Fsp3) is 0.385. The second kappa shape index (κ2) is 11.8. The first-order chi connectivity index (χ1) is 17.7. The third-order valence-corrected chi connectivity index (χ3v) is 6.81. The Kier molecular flexibility index (Phi) is 8.50. The zero-order valence-corrected chi connectivity index (χ0v) is 20.7. The van der Waals surface area contributed by atoms with Crippen LogP contribution in [0.25, 0.3) is 10.8 Å². The molecule has 2 N–H and O–H groups in total. The molecule has 11 heteroatoms. The van der Waals surface area contributed by atoms with E-state index in [1.165, 1.54) is 4.68 Å². The summed E-state index contributed by atoms with van der Waals surface area (Å²) in [5.41, 5.74) is 1.38. The molecule has 8 nitrogen and oxygen atoms in total. The molecule has 1 amide bonds. The monoisotopic (exact) mass is 532 g/mol. The summed E-state index contributed by atoms with van der Waals surface area (Å²) in [7, 11) is 0. The first-order valence-electron chi connectivity index (χ1n) is 12.0. The minimum atomic E-state index is -2.72. The molecule has 2 atom stereocenters. The fourth-order valence-corrected chi connectivity index (χ4v) is 4.93. The summed E-state index contributed by atoms with van der Waals surface area (Å²) in [4.78, 5) is 39.1. The normalized spacial score (nSPS) is 16.8. The first-order valence-corrected chi connectivity index (χ1v) is 12.4. The summed E-state index contributed by atoms with van der Waals surface area (Å²) >= 11 is 6.01. The topological polar surface area (TPSA) is 105 Å². The molecule has 0 spiro atoms. The molecule has 2 heterocycles. The number of aromatic nitrogens is 2. The molecule has 196 valence electrons. The van der Waals surface area contributed by atoms with E-state index in [2.05, 4.69) is 10.4 Å². The highest BCUT2D eigenvalue weighted by molar-refractivity contribution is 6.30. The number of aliphatic carboxylic acids is 1. The number of alkyl halides is 2. The summed E-state index contributed by atoms with van der Waals surface area (Å²) in [5, 5.41) is 18.4. The Labute approximate surface area is 216 Å². The van der Waals surface area contributed by atoms with E-state index in [9.17, 15) is 28.3 Å². The number of carbonyl (C=O) groups is 2. The van der Waals surface area contributed by atoms with Crippen LogP contribution < -0.4 is 10.9 Å². The minimum Gasteiger partial charge on any atom is -0.480 e. The summed E-state index contributed by atoms with van der Waals surface area (Å²) in [6, 6.07) is 13.0. The van der Waals surface area contributed by atoms with Crippen LogP contribution in [0.2, 0.25) is 5.02 Å². The van der Waals surface area contributed by atoms with Crippen LogP contribution in [-0.2, 0) is 22.6 Å². The van der Waals surface area contributed by atoms with Crippen molar-refractivity contribution in [1.29, 1.82) is 0 Å². The lowest BCUT2D eigenvalue weighted by Crippen LogP contribution is -2.49. The van der Waals surface area contributed by atoms with E-state index in [-0.39, 0.29) is 18.1 Å². The van der Waals surface area contributed by atoms with Crippen molar-refractivity contribution in [2.24, 2.45) is 0 Å². The van der Waals surface area contributed by atoms with Crippen molar-refractivity contribution in [2.45, 2.75) is 50.7 Å². The maximum Gasteiger partial charge on any atom is 0.321 e. The highest BCUT2D eigenvalue weighted by Crippen LogP contribution is 2.24. The number of carboxylic acid groups (broad SMARTS) is 1. The molecule has 0 aliphatic carbocycles. The molecule has 0 bridgehead atoms. The van der Waals surface area contributed by atoms with E-state index >= 15 is 0 Å².